The third-order valence-corrected chi connectivity index (χ3v) is 4.09. The molecule has 1 saturated carbocycles. The summed E-state index contributed by atoms with van der Waals surface area (Å²) >= 11 is 0. The summed E-state index contributed by atoms with van der Waals surface area (Å²) in [4.78, 5) is 4.55. The van der Waals surface area contributed by atoms with Crippen molar-refractivity contribution < 1.29 is 0 Å². The summed E-state index contributed by atoms with van der Waals surface area (Å²) in [6.45, 7) is 3.90. The predicted molar refractivity (Wildman–Crippen MR) is 81.4 cm³/mol. The van der Waals surface area contributed by atoms with Crippen molar-refractivity contribution in [3.8, 4) is 0 Å². The molecule has 1 aromatic rings. The first-order valence-electron chi connectivity index (χ1n) is 7.36. The zero-order valence-electron chi connectivity index (χ0n) is 11.9. The first-order chi connectivity index (χ1) is 9.27. The van der Waals surface area contributed by atoms with E-state index in [1.807, 2.05) is 0 Å². The van der Waals surface area contributed by atoms with Crippen LogP contribution in [0, 0.1) is 0 Å². The molecule has 0 amide bonds. The molecule has 1 fully saturated rings. The van der Waals surface area contributed by atoms with Crippen molar-refractivity contribution in [3.63, 3.8) is 0 Å². The van der Waals surface area contributed by atoms with E-state index >= 15 is 0 Å². The van der Waals surface area contributed by atoms with Gasteiger partial charge in [0, 0.05) is 12.0 Å². The molecule has 0 aliphatic heterocycles. The van der Waals surface area contributed by atoms with Gasteiger partial charge in [-0.3, -0.25) is 4.99 Å². The highest BCUT2D eigenvalue weighted by molar-refractivity contribution is 5.77. The summed E-state index contributed by atoms with van der Waals surface area (Å²) in [5.74, 6) is 0.593. The highest BCUT2D eigenvalue weighted by atomic mass is 15.1. The van der Waals surface area contributed by atoms with Gasteiger partial charge in [-0.05, 0) is 24.8 Å². The third-order valence-electron chi connectivity index (χ3n) is 4.09. The first kappa shape index (κ1) is 13.9. The molecule has 3 nitrogen and oxygen atoms in total. The second-order valence-corrected chi connectivity index (χ2v) is 5.48. The standard InChI is InChI=1S/C16H25N3/c1-2-3-12-18-15(17)19-13-16(10-7-11-16)14-8-5-4-6-9-14/h4-6,8-9H,2-3,7,10-13H2,1H3,(H3,17,18,19). The molecule has 0 unspecified atom stereocenters. The Labute approximate surface area is 116 Å². The maximum absolute atomic E-state index is 5.92. The third kappa shape index (κ3) is 3.49. The molecular weight excluding hydrogens is 234 g/mol. The van der Waals surface area contributed by atoms with Crippen LogP contribution in [0.3, 0.4) is 0 Å². The van der Waals surface area contributed by atoms with Gasteiger partial charge in [-0.25, -0.2) is 0 Å². The number of nitrogens with two attached hydrogens (primary N) is 1. The van der Waals surface area contributed by atoms with Crippen LogP contribution in [0.4, 0.5) is 0 Å². The first-order valence-corrected chi connectivity index (χ1v) is 7.36. The fourth-order valence-electron chi connectivity index (χ4n) is 2.62. The Morgan fingerprint density at radius 3 is 2.63 bits per heavy atom. The number of guanidine groups is 1. The van der Waals surface area contributed by atoms with E-state index in [0.29, 0.717) is 5.96 Å². The minimum Gasteiger partial charge on any atom is -0.370 e. The minimum absolute atomic E-state index is 0.234. The van der Waals surface area contributed by atoms with Crippen LogP contribution in [0.1, 0.15) is 44.6 Å². The lowest BCUT2D eigenvalue weighted by Crippen LogP contribution is -2.40. The zero-order valence-corrected chi connectivity index (χ0v) is 11.9. The number of nitrogens with zero attached hydrogens (tertiary/aromatic N) is 1. The van der Waals surface area contributed by atoms with E-state index in [1.165, 1.54) is 31.2 Å². The maximum atomic E-state index is 5.92. The summed E-state index contributed by atoms with van der Waals surface area (Å²) in [6, 6.07) is 10.7. The summed E-state index contributed by atoms with van der Waals surface area (Å²) in [5.41, 5.74) is 7.56. The molecule has 0 saturated heterocycles. The lowest BCUT2D eigenvalue weighted by molar-refractivity contribution is 0.253. The molecule has 3 N–H and O–H groups in total. The van der Waals surface area contributed by atoms with Gasteiger partial charge in [-0.2, -0.15) is 0 Å². The molecule has 0 bridgehead atoms. The van der Waals surface area contributed by atoms with Crippen molar-refractivity contribution in [2.75, 3.05) is 13.1 Å². The van der Waals surface area contributed by atoms with Gasteiger partial charge in [-0.1, -0.05) is 50.1 Å². The van der Waals surface area contributed by atoms with Gasteiger partial charge < -0.3 is 11.1 Å². The topological polar surface area (TPSA) is 50.4 Å². The molecule has 0 spiro atoms. The predicted octanol–water partition coefficient (Wildman–Crippen LogP) is 2.81. The van der Waals surface area contributed by atoms with E-state index in [2.05, 4.69) is 47.6 Å². The Kier molecular flexibility index (Phi) is 4.83. The van der Waals surface area contributed by atoms with E-state index in [4.69, 9.17) is 5.73 Å². The van der Waals surface area contributed by atoms with E-state index in [9.17, 15) is 0 Å². The number of unbranched alkanes of at least 4 members (excludes halogenated alkanes) is 1. The van der Waals surface area contributed by atoms with Gasteiger partial charge in [0.05, 0.1) is 6.54 Å². The summed E-state index contributed by atoms with van der Waals surface area (Å²) in [6.07, 6.45) is 6.06. The quantitative estimate of drug-likeness (QED) is 0.469. The number of aliphatic imine (C=N–C) groups is 1. The molecule has 104 valence electrons. The molecule has 1 aliphatic rings. The molecule has 3 heteroatoms. The van der Waals surface area contributed by atoms with Gasteiger partial charge >= 0.3 is 0 Å². The SMILES string of the molecule is CCCCNC(N)=NCC1(c2ccccc2)CCC1. The number of rotatable bonds is 6. The van der Waals surface area contributed by atoms with Crippen LogP contribution in [0.5, 0.6) is 0 Å². The van der Waals surface area contributed by atoms with E-state index < -0.39 is 0 Å². The van der Waals surface area contributed by atoms with Crippen LogP contribution in [0.25, 0.3) is 0 Å². The van der Waals surface area contributed by atoms with Gasteiger partial charge in [0.1, 0.15) is 0 Å². The lowest BCUT2D eigenvalue weighted by atomic mass is 9.64. The van der Waals surface area contributed by atoms with Crippen molar-refractivity contribution in [2.45, 2.75) is 44.4 Å². The zero-order chi connectivity index (χ0) is 13.6. The second kappa shape index (κ2) is 6.60. The molecule has 19 heavy (non-hydrogen) atoms. The van der Waals surface area contributed by atoms with Gasteiger partial charge in [0.15, 0.2) is 5.96 Å². The van der Waals surface area contributed by atoms with Crippen LogP contribution in [0.15, 0.2) is 35.3 Å². The van der Waals surface area contributed by atoms with E-state index in [1.54, 1.807) is 0 Å². The van der Waals surface area contributed by atoms with Crippen LogP contribution in [-0.2, 0) is 5.41 Å². The monoisotopic (exact) mass is 259 g/mol. The van der Waals surface area contributed by atoms with Crippen molar-refractivity contribution in [1.82, 2.24) is 5.32 Å². The van der Waals surface area contributed by atoms with Crippen LogP contribution in [-0.4, -0.2) is 19.0 Å². The number of hydrogen-bond donors (Lipinski definition) is 2. The molecule has 0 heterocycles. The number of hydrogen-bond acceptors (Lipinski definition) is 1. The molecule has 1 aromatic carbocycles. The fraction of sp³-hybridized carbons (Fsp3) is 0.562. The summed E-state index contributed by atoms with van der Waals surface area (Å²) in [5, 5.41) is 3.18. The van der Waals surface area contributed by atoms with Crippen LogP contribution < -0.4 is 11.1 Å². The molecule has 1 aliphatic carbocycles. The normalized spacial score (nSPS) is 17.8. The smallest absolute Gasteiger partial charge is 0.188 e. The minimum atomic E-state index is 0.234. The van der Waals surface area contributed by atoms with Gasteiger partial charge in [-0.15, -0.1) is 0 Å². The van der Waals surface area contributed by atoms with E-state index in [-0.39, 0.29) is 5.41 Å². The lowest BCUT2D eigenvalue weighted by Gasteiger charge is -2.41. The van der Waals surface area contributed by atoms with Crippen molar-refractivity contribution >= 4 is 5.96 Å². The Morgan fingerprint density at radius 2 is 2.05 bits per heavy atom. The van der Waals surface area contributed by atoms with E-state index in [0.717, 1.165) is 19.5 Å². The highest BCUT2D eigenvalue weighted by Gasteiger charge is 2.38. The molecule has 2 rings (SSSR count). The van der Waals surface area contributed by atoms with Crippen molar-refractivity contribution in [1.29, 1.82) is 0 Å². The largest absolute Gasteiger partial charge is 0.370 e. The summed E-state index contributed by atoms with van der Waals surface area (Å²) < 4.78 is 0. The van der Waals surface area contributed by atoms with Gasteiger partial charge in [0.25, 0.3) is 0 Å². The summed E-state index contributed by atoms with van der Waals surface area (Å²) in [7, 11) is 0. The van der Waals surface area contributed by atoms with Gasteiger partial charge in [0.2, 0.25) is 0 Å². The molecule has 0 radical (unpaired) electrons. The number of benzene rings is 1. The molecular formula is C16H25N3. The van der Waals surface area contributed by atoms with Crippen molar-refractivity contribution in [3.05, 3.63) is 35.9 Å². The van der Waals surface area contributed by atoms with Crippen molar-refractivity contribution in [2.24, 2.45) is 10.7 Å². The Hall–Kier alpha value is -1.51. The Balaban J connectivity index is 1.94. The average Bonchev–Trinajstić information content (AvgIpc) is 2.39. The maximum Gasteiger partial charge on any atom is 0.188 e. The highest BCUT2D eigenvalue weighted by Crippen LogP contribution is 2.43. The Bertz CT molecular complexity index is 407. The van der Waals surface area contributed by atoms with Crippen LogP contribution in [0.2, 0.25) is 0 Å². The fourth-order valence-corrected chi connectivity index (χ4v) is 2.62. The van der Waals surface area contributed by atoms with Crippen LogP contribution >= 0.6 is 0 Å². The molecule has 0 aromatic heterocycles. The Morgan fingerprint density at radius 1 is 1.32 bits per heavy atom. The number of nitrogens with one attached hydrogen (secondary N) is 1. The average molecular weight is 259 g/mol. The molecule has 0 atom stereocenters. The second-order valence-electron chi connectivity index (χ2n) is 5.48.